The zero-order valence-corrected chi connectivity index (χ0v) is 14.2. The molecule has 0 fully saturated rings. The average Bonchev–Trinajstić information content (AvgIpc) is 2.38. The van der Waals surface area contributed by atoms with Crippen LogP contribution in [0, 0.1) is 17.8 Å². The molecule has 0 spiro atoms. The van der Waals surface area contributed by atoms with Gasteiger partial charge in [0.1, 0.15) is 5.38 Å². The van der Waals surface area contributed by atoms with Crippen LogP contribution >= 0.6 is 11.6 Å². The zero-order chi connectivity index (χ0) is 15.4. The van der Waals surface area contributed by atoms with Gasteiger partial charge in [-0.3, -0.25) is 4.79 Å². The van der Waals surface area contributed by atoms with Crippen LogP contribution in [0.5, 0.6) is 0 Å². The Morgan fingerprint density at radius 1 is 1.55 bits per heavy atom. The highest BCUT2D eigenvalue weighted by molar-refractivity contribution is 6.31. The summed E-state index contributed by atoms with van der Waals surface area (Å²) in [5, 5.41) is -0.481. The molecule has 0 N–H and O–H groups in total. The smallest absolute Gasteiger partial charge is 0.241 e. The van der Waals surface area contributed by atoms with Crippen molar-refractivity contribution in [1.29, 1.82) is 0 Å². The first-order valence-corrected chi connectivity index (χ1v) is 7.96. The predicted octanol–water partition coefficient (Wildman–Crippen LogP) is 4.26. The molecule has 0 saturated heterocycles. The summed E-state index contributed by atoms with van der Waals surface area (Å²) in [6.45, 7) is 14.9. The summed E-state index contributed by atoms with van der Waals surface area (Å²) < 4.78 is 0. The normalized spacial score (nSPS) is 27.9. The maximum Gasteiger partial charge on any atom is 0.241 e. The summed E-state index contributed by atoms with van der Waals surface area (Å²) in [4.78, 5) is 14.5. The molecular weight excluding hydrogens is 270 g/mol. The predicted molar refractivity (Wildman–Crippen MR) is 86.9 cm³/mol. The van der Waals surface area contributed by atoms with E-state index in [-0.39, 0.29) is 17.9 Å². The molecule has 1 aliphatic rings. The lowest BCUT2D eigenvalue weighted by molar-refractivity contribution is -0.133. The van der Waals surface area contributed by atoms with E-state index in [9.17, 15) is 4.79 Å². The number of carbonyl (C=O) groups is 1. The number of alkyl halides is 1. The van der Waals surface area contributed by atoms with Crippen molar-refractivity contribution >= 4 is 17.5 Å². The second-order valence-corrected chi connectivity index (χ2v) is 6.88. The van der Waals surface area contributed by atoms with E-state index in [4.69, 9.17) is 11.6 Å². The molecule has 114 valence electrons. The molecule has 4 atom stereocenters. The fourth-order valence-corrected chi connectivity index (χ4v) is 3.42. The number of carbonyl (C=O) groups excluding carboxylic acids is 1. The van der Waals surface area contributed by atoms with Crippen LogP contribution in [0.1, 0.15) is 41.0 Å². The molecule has 0 bridgehead atoms. The van der Waals surface area contributed by atoms with Gasteiger partial charge in [0.15, 0.2) is 0 Å². The molecule has 0 aromatic carbocycles. The number of hydrogen-bond acceptors (Lipinski definition) is 1. The van der Waals surface area contributed by atoms with Gasteiger partial charge in [-0.25, -0.2) is 0 Å². The first-order chi connectivity index (χ1) is 9.29. The number of allylic oxidation sites excluding steroid dienone is 2. The van der Waals surface area contributed by atoms with Crippen molar-refractivity contribution in [3.63, 3.8) is 0 Å². The van der Waals surface area contributed by atoms with Crippen LogP contribution in [0.3, 0.4) is 0 Å². The first kappa shape index (κ1) is 17.3. The van der Waals surface area contributed by atoms with Crippen LogP contribution in [-0.4, -0.2) is 28.8 Å². The second-order valence-electron chi connectivity index (χ2n) is 6.41. The highest BCUT2D eigenvalue weighted by Crippen LogP contribution is 2.37. The van der Waals surface area contributed by atoms with Crippen molar-refractivity contribution in [1.82, 2.24) is 4.90 Å². The Morgan fingerprint density at radius 2 is 2.15 bits per heavy atom. The summed E-state index contributed by atoms with van der Waals surface area (Å²) in [6, 6.07) is 0.142. The van der Waals surface area contributed by atoms with Crippen LogP contribution in [0.2, 0.25) is 0 Å². The van der Waals surface area contributed by atoms with Crippen molar-refractivity contribution in [2.75, 3.05) is 6.54 Å². The molecule has 20 heavy (non-hydrogen) atoms. The van der Waals surface area contributed by atoms with Gasteiger partial charge in [-0.05, 0) is 39.0 Å². The molecule has 0 radical (unpaired) electrons. The van der Waals surface area contributed by atoms with E-state index in [2.05, 4.69) is 33.4 Å². The Morgan fingerprint density at radius 3 is 2.65 bits per heavy atom. The van der Waals surface area contributed by atoms with E-state index in [1.807, 2.05) is 13.8 Å². The third-order valence-corrected chi connectivity index (χ3v) is 4.91. The third-order valence-electron chi connectivity index (χ3n) is 4.43. The van der Waals surface area contributed by atoms with Gasteiger partial charge in [0, 0.05) is 18.5 Å². The number of rotatable bonds is 5. The summed E-state index contributed by atoms with van der Waals surface area (Å²) >= 11 is 6.54. The molecule has 0 aromatic rings. The molecule has 0 saturated carbocycles. The summed E-state index contributed by atoms with van der Waals surface area (Å²) in [6.07, 6.45) is 5.07. The Balaban J connectivity index is 2.91. The first-order valence-electron chi connectivity index (χ1n) is 7.52. The average molecular weight is 298 g/mol. The standard InChI is InChI=1S/C17H28ClNO/c1-7-8-19(11(2)3)17(20)16(18)15-10-12(4)9-13(5)14(15)6/h7,10-11,13-16H,1,8-9H2,2-6H3. The van der Waals surface area contributed by atoms with Crippen molar-refractivity contribution in [3.8, 4) is 0 Å². The minimum absolute atomic E-state index is 0.0246. The number of halogens is 1. The molecule has 1 aliphatic carbocycles. The molecule has 0 aliphatic heterocycles. The van der Waals surface area contributed by atoms with Gasteiger partial charge in [0.25, 0.3) is 0 Å². The minimum atomic E-state index is -0.481. The van der Waals surface area contributed by atoms with Crippen LogP contribution in [0.4, 0.5) is 0 Å². The van der Waals surface area contributed by atoms with Crippen molar-refractivity contribution in [2.24, 2.45) is 17.8 Å². The molecule has 2 nitrogen and oxygen atoms in total. The molecule has 0 heterocycles. The maximum atomic E-state index is 12.6. The highest BCUT2D eigenvalue weighted by atomic mass is 35.5. The summed E-state index contributed by atoms with van der Waals surface area (Å²) in [5.74, 6) is 1.16. The fraction of sp³-hybridized carbons (Fsp3) is 0.706. The monoisotopic (exact) mass is 297 g/mol. The van der Waals surface area contributed by atoms with Gasteiger partial charge in [-0.15, -0.1) is 18.2 Å². The van der Waals surface area contributed by atoms with Gasteiger partial charge in [0.2, 0.25) is 5.91 Å². The van der Waals surface area contributed by atoms with E-state index in [1.165, 1.54) is 5.57 Å². The minimum Gasteiger partial charge on any atom is -0.335 e. The highest BCUT2D eigenvalue weighted by Gasteiger charge is 2.36. The van der Waals surface area contributed by atoms with Crippen LogP contribution < -0.4 is 0 Å². The topological polar surface area (TPSA) is 20.3 Å². The Kier molecular flexibility index (Phi) is 6.32. The van der Waals surface area contributed by atoms with Crippen LogP contribution in [0.15, 0.2) is 24.3 Å². The van der Waals surface area contributed by atoms with Crippen molar-refractivity contribution in [2.45, 2.75) is 52.5 Å². The zero-order valence-electron chi connectivity index (χ0n) is 13.4. The molecular formula is C17H28ClNO. The summed E-state index contributed by atoms with van der Waals surface area (Å²) in [5.41, 5.74) is 1.35. The molecule has 1 amide bonds. The van der Waals surface area contributed by atoms with E-state index in [0.29, 0.717) is 18.4 Å². The van der Waals surface area contributed by atoms with Crippen LogP contribution in [0.25, 0.3) is 0 Å². The van der Waals surface area contributed by atoms with E-state index < -0.39 is 5.38 Å². The second kappa shape index (κ2) is 7.31. The van der Waals surface area contributed by atoms with Gasteiger partial charge in [-0.2, -0.15) is 0 Å². The lowest BCUT2D eigenvalue weighted by atomic mass is 9.73. The van der Waals surface area contributed by atoms with Gasteiger partial charge >= 0.3 is 0 Å². The van der Waals surface area contributed by atoms with Crippen molar-refractivity contribution in [3.05, 3.63) is 24.3 Å². The fourth-order valence-electron chi connectivity index (χ4n) is 2.99. The summed E-state index contributed by atoms with van der Waals surface area (Å²) in [7, 11) is 0. The van der Waals surface area contributed by atoms with E-state index in [1.54, 1.807) is 11.0 Å². The van der Waals surface area contributed by atoms with E-state index in [0.717, 1.165) is 6.42 Å². The van der Waals surface area contributed by atoms with Crippen LogP contribution in [-0.2, 0) is 4.79 Å². The lowest BCUT2D eigenvalue weighted by Gasteiger charge is -2.37. The van der Waals surface area contributed by atoms with E-state index >= 15 is 0 Å². The number of amides is 1. The Bertz CT molecular complexity index is 388. The molecule has 4 unspecified atom stereocenters. The Labute approximate surface area is 128 Å². The maximum absolute atomic E-state index is 12.6. The van der Waals surface area contributed by atoms with Gasteiger partial charge in [0.05, 0.1) is 0 Å². The largest absolute Gasteiger partial charge is 0.335 e. The molecule has 3 heteroatoms. The molecule has 1 rings (SSSR count). The van der Waals surface area contributed by atoms with Crippen molar-refractivity contribution < 1.29 is 4.79 Å². The SMILES string of the molecule is C=CCN(C(=O)C(Cl)C1C=C(C)CC(C)C1C)C(C)C. The lowest BCUT2D eigenvalue weighted by Crippen LogP contribution is -2.45. The van der Waals surface area contributed by atoms with Gasteiger partial charge < -0.3 is 4.90 Å². The number of nitrogens with zero attached hydrogens (tertiary/aromatic N) is 1. The van der Waals surface area contributed by atoms with Gasteiger partial charge in [-0.1, -0.05) is 31.6 Å². The Hall–Kier alpha value is -0.760. The third kappa shape index (κ3) is 3.88. The molecule has 0 aromatic heterocycles. The number of hydrogen-bond donors (Lipinski definition) is 0. The quantitative estimate of drug-likeness (QED) is 0.548.